The lowest BCUT2D eigenvalue weighted by molar-refractivity contribution is 0.0417. The van der Waals surface area contributed by atoms with Crippen LogP contribution in [0.1, 0.15) is 41.6 Å². The molecule has 108 valence electrons. The standard InChI is InChI=1S/C17H22O3/c1-19-14-5-6-16-13(11-14)3-2-4-15(17(16)18)12-7-9-20-10-8-12/h5-6,11-12,15H,2-4,7-10H2,1H3. The van der Waals surface area contributed by atoms with Gasteiger partial charge < -0.3 is 9.47 Å². The predicted molar refractivity (Wildman–Crippen MR) is 77.3 cm³/mol. The molecule has 0 N–H and O–H groups in total. The van der Waals surface area contributed by atoms with Gasteiger partial charge in [0.15, 0.2) is 5.78 Å². The fraction of sp³-hybridized carbons (Fsp3) is 0.588. The lowest BCUT2D eigenvalue weighted by atomic mass is 9.79. The molecule has 2 aliphatic rings. The van der Waals surface area contributed by atoms with Crippen molar-refractivity contribution in [2.45, 2.75) is 32.1 Å². The van der Waals surface area contributed by atoms with E-state index in [0.29, 0.717) is 11.7 Å². The Morgan fingerprint density at radius 1 is 1.20 bits per heavy atom. The van der Waals surface area contributed by atoms with Crippen LogP contribution in [-0.2, 0) is 11.2 Å². The largest absolute Gasteiger partial charge is 0.497 e. The van der Waals surface area contributed by atoms with Crippen LogP contribution >= 0.6 is 0 Å². The Balaban J connectivity index is 1.87. The third-order valence-corrected chi connectivity index (χ3v) is 4.71. The zero-order valence-electron chi connectivity index (χ0n) is 12.1. The smallest absolute Gasteiger partial charge is 0.166 e. The first-order valence-corrected chi connectivity index (χ1v) is 7.58. The van der Waals surface area contributed by atoms with Crippen LogP contribution < -0.4 is 4.74 Å². The second kappa shape index (κ2) is 5.96. The van der Waals surface area contributed by atoms with Crippen molar-refractivity contribution >= 4 is 5.78 Å². The molecule has 0 spiro atoms. The van der Waals surface area contributed by atoms with Crippen molar-refractivity contribution in [3.63, 3.8) is 0 Å². The summed E-state index contributed by atoms with van der Waals surface area (Å²) in [5, 5.41) is 0. The number of ketones is 1. The van der Waals surface area contributed by atoms with Gasteiger partial charge in [-0.3, -0.25) is 4.79 Å². The highest BCUT2D eigenvalue weighted by molar-refractivity contribution is 5.99. The monoisotopic (exact) mass is 274 g/mol. The maximum atomic E-state index is 12.9. The van der Waals surface area contributed by atoms with E-state index in [9.17, 15) is 4.79 Å². The zero-order chi connectivity index (χ0) is 13.9. The number of benzene rings is 1. The molecule has 1 saturated heterocycles. The first-order valence-electron chi connectivity index (χ1n) is 7.58. The number of hydrogen-bond acceptors (Lipinski definition) is 3. The minimum Gasteiger partial charge on any atom is -0.497 e. The minimum atomic E-state index is 0.188. The Kier molecular flexibility index (Phi) is 4.06. The molecule has 0 aromatic heterocycles. The van der Waals surface area contributed by atoms with Gasteiger partial charge in [-0.15, -0.1) is 0 Å². The van der Waals surface area contributed by atoms with E-state index >= 15 is 0 Å². The van der Waals surface area contributed by atoms with Gasteiger partial charge in [0, 0.05) is 24.7 Å². The average molecular weight is 274 g/mol. The van der Waals surface area contributed by atoms with Gasteiger partial charge in [0.1, 0.15) is 5.75 Å². The van der Waals surface area contributed by atoms with Gasteiger partial charge in [-0.1, -0.05) is 0 Å². The Bertz CT molecular complexity index is 489. The molecule has 1 heterocycles. The summed E-state index contributed by atoms with van der Waals surface area (Å²) in [5.41, 5.74) is 2.07. The van der Waals surface area contributed by atoms with Crippen LogP contribution in [0.15, 0.2) is 18.2 Å². The number of carbonyl (C=O) groups is 1. The number of rotatable bonds is 2. The van der Waals surface area contributed by atoms with Crippen molar-refractivity contribution in [2.75, 3.05) is 20.3 Å². The Morgan fingerprint density at radius 3 is 2.75 bits per heavy atom. The van der Waals surface area contributed by atoms with E-state index in [2.05, 4.69) is 0 Å². The summed E-state index contributed by atoms with van der Waals surface area (Å²) in [4.78, 5) is 12.9. The Hall–Kier alpha value is -1.35. The van der Waals surface area contributed by atoms with Crippen molar-refractivity contribution in [2.24, 2.45) is 11.8 Å². The average Bonchev–Trinajstić information content (AvgIpc) is 2.67. The molecule has 1 atom stereocenters. The van der Waals surface area contributed by atoms with E-state index in [1.807, 2.05) is 18.2 Å². The molecular weight excluding hydrogens is 252 g/mol. The van der Waals surface area contributed by atoms with E-state index in [-0.39, 0.29) is 5.92 Å². The van der Waals surface area contributed by atoms with E-state index < -0.39 is 0 Å². The first-order chi connectivity index (χ1) is 9.79. The Labute approximate surface area is 120 Å². The van der Waals surface area contributed by atoms with Gasteiger partial charge >= 0.3 is 0 Å². The molecule has 1 fully saturated rings. The highest BCUT2D eigenvalue weighted by atomic mass is 16.5. The van der Waals surface area contributed by atoms with Crippen molar-refractivity contribution in [1.29, 1.82) is 0 Å². The maximum Gasteiger partial charge on any atom is 0.166 e. The molecular formula is C17H22O3. The molecule has 1 unspecified atom stereocenters. The molecule has 1 aromatic rings. The van der Waals surface area contributed by atoms with Gasteiger partial charge in [0.25, 0.3) is 0 Å². The first kappa shape index (κ1) is 13.6. The van der Waals surface area contributed by atoms with Crippen LogP contribution in [-0.4, -0.2) is 26.1 Å². The van der Waals surface area contributed by atoms with Crippen molar-refractivity contribution in [3.05, 3.63) is 29.3 Å². The molecule has 0 bridgehead atoms. The second-order valence-corrected chi connectivity index (χ2v) is 5.84. The molecule has 3 heteroatoms. The molecule has 0 amide bonds. The fourth-order valence-electron chi connectivity index (χ4n) is 3.56. The molecule has 0 radical (unpaired) electrons. The molecule has 1 aromatic carbocycles. The molecule has 1 aliphatic heterocycles. The number of hydrogen-bond donors (Lipinski definition) is 0. The summed E-state index contributed by atoms with van der Waals surface area (Å²) >= 11 is 0. The summed E-state index contributed by atoms with van der Waals surface area (Å²) in [6.07, 6.45) is 5.15. The van der Waals surface area contributed by atoms with Crippen LogP contribution in [0, 0.1) is 11.8 Å². The fourth-order valence-corrected chi connectivity index (χ4v) is 3.56. The van der Waals surface area contributed by atoms with Gasteiger partial charge in [-0.25, -0.2) is 0 Å². The number of ether oxygens (including phenoxy) is 2. The highest BCUT2D eigenvalue weighted by Gasteiger charge is 2.32. The number of carbonyl (C=O) groups excluding carboxylic acids is 1. The van der Waals surface area contributed by atoms with Crippen LogP contribution in [0.25, 0.3) is 0 Å². The van der Waals surface area contributed by atoms with Crippen molar-refractivity contribution in [1.82, 2.24) is 0 Å². The predicted octanol–water partition coefficient (Wildman–Crippen LogP) is 3.26. The van der Waals surface area contributed by atoms with Crippen molar-refractivity contribution < 1.29 is 14.3 Å². The van der Waals surface area contributed by atoms with E-state index in [4.69, 9.17) is 9.47 Å². The lowest BCUT2D eigenvalue weighted by Crippen LogP contribution is -2.28. The van der Waals surface area contributed by atoms with Gasteiger partial charge in [-0.2, -0.15) is 0 Å². The third kappa shape index (κ3) is 2.59. The van der Waals surface area contributed by atoms with Crippen LogP contribution in [0.5, 0.6) is 5.75 Å². The molecule has 1 aliphatic carbocycles. The molecule has 0 saturated carbocycles. The van der Waals surface area contributed by atoms with Crippen LogP contribution in [0.4, 0.5) is 0 Å². The number of aryl methyl sites for hydroxylation is 1. The SMILES string of the molecule is COc1ccc2c(c1)CCCC(C1CCOCC1)C2=O. The summed E-state index contributed by atoms with van der Waals surface area (Å²) in [7, 11) is 1.67. The zero-order valence-corrected chi connectivity index (χ0v) is 12.1. The van der Waals surface area contributed by atoms with Gasteiger partial charge in [-0.05, 0) is 61.8 Å². The highest BCUT2D eigenvalue weighted by Crippen LogP contribution is 2.35. The molecule has 3 nitrogen and oxygen atoms in total. The molecule has 3 rings (SSSR count). The van der Waals surface area contributed by atoms with Crippen LogP contribution in [0.2, 0.25) is 0 Å². The number of fused-ring (bicyclic) bond motifs is 1. The summed E-state index contributed by atoms with van der Waals surface area (Å²) in [6.45, 7) is 1.62. The minimum absolute atomic E-state index is 0.188. The Morgan fingerprint density at radius 2 is 2.00 bits per heavy atom. The number of methoxy groups -OCH3 is 1. The van der Waals surface area contributed by atoms with Gasteiger partial charge in [0.05, 0.1) is 7.11 Å². The van der Waals surface area contributed by atoms with E-state index in [1.54, 1.807) is 7.11 Å². The number of Topliss-reactive ketones (excluding diaryl/α,β-unsaturated/α-hetero) is 1. The summed E-state index contributed by atoms with van der Waals surface area (Å²) < 4.78 is 10.7. The third-order valence-electron chi connectivity index (χ3n) is 4.71. The summed E-state index contributed by atoms with van der Waals surface area (Å²) in [6, 6.07) is 5.89. The van der Waals surface area contributed by atoms with Crippen molar-refractivity contribution in [3.8, 4) is 5.75 Å². The van der Waals surface area contributed by atoms with Crippen LogP contribution in [0.3, 0.4) is 0 Å². The quantitative estimate of drug-likeness (QED) is 0.777. The normalized spacial score (nSPS) is 24.1. The van der Waals surface area contributed by atoms with Gasteiger partial charge in [0.2, 0.25) is 0 Å². The topological polar surface area (TPSA) is 35.5 Å². The second-order valence-electron chi connectivity index (χ2n) is 5.84. The van der Waals surface area contributed by atoms with E-state index in [1.165, 1.54) is 0 Å². The lowest BCUT2D eigenvalue weighted by Gasteiger charge is -2.28. The molecule has 20 heavy (non-hydrogen) atoms. The van der Waals surface area contributed by atoms with E-state index in [0.717, 1.165) is 62.2 Å². The summed E-state index contributed by atoms with van der Waals surface area (Å²) in [5.74, 6) is 1.88. The maximum absolute atomic E-state index is 12.9.